The Morgan fingerprint density at radius 2 is 1.93 bits per heavy atom. The summed E-state index contributed by atoms with van der Waals surface area (Å²) in [7, 11) is -3.22. The Labute approximate surface area is 177 Å². The lowest BCUT2D eigenvalue weighted by Crippen LogP contribution is -2.37. The molecule has 7 nitrogen and oxygen atoms in total. The van der Waals surface area contributed by atoms with E-state index < -0.39 is 9.84 Å². The second-order valence-corrected chi connectivity index (χ2v) is 8.98. The van der Waals surface area contributed by atoms with Crippen LogP contribution in [0.15, 0.2) is 70.8 Å². The van der Waals surface area contributed by atoms with Crippen molar-refractivity contribution in [2.24, 2.45) is 4.99 Å². The Bertz CT molecular complexity index is 1120. The molecular weight excluding hydrogens is 398 g/mol. The molecule has 0 fully saturated rings. The molecule has 0 saturated carbocycles. The smallest absolute Gasteiger partial charge is 0.191 e. The summed E-state index contributed by atoms with van der Waals surface area (Å²) in [5, 5.41) is 10.9. The monoisotopic (exact) mass is 425 g/mol. The molecule has 2 aromatic carbocycles. The summed E-state index contributed by atoms with van der Waals surface area (Å²) in [6.07, 6.45) is 4.90. The van der Waals surface area contributed by atoms with Crippen molar-refractivity contribution in [3.8, 4) is 5.69 Å². The topological polar surface area (TPSA) is 88.4 Å². The summed E-state index contributed by atoms with van der Waals surface area (Å²) < 4.78 is 25.4. The first-order valence-corrected chi connectivity index (χ1v) is 11.7. The quantitative estimate of drug-likeness (QED) is 0.449. The molecule has 0 aliphatic rings. The molecule has 2 N–H and O–H groups in total. The van der Waals surface area contributed by atoms with E-state index in [-0.39, 0.29) is 0 Å². The number of nitrogens with zero attached hydrogens (tertiary/aromatic N) is 3. The first kappa shape index (κ1) is 21.6. The number of aliphatic imine (C=N–C) groups is 1. The average molecular weight is 426 g/mol. The van der Waals surface area contributed by atoms with Gasteiger partial charge in [0.05, 0.1) is 17.1 Å². The Morgan fingerprint density at radius 3 is 2.60 bits per heavy atom. The molecule has 158 valence electrons. The van der Waals surface area contributed by atoms with Gasteiger partial charge in [-0.2, -0.15) is 5.10 Å². The first-order chi connectivity index (χ1) is 14.4. The highest BCUT2D eigenvalue weighted by molar-refractivity contribution is 7.90. The van der Waals surface area contributed by atoms with Crippen molar-refractivity contribution < 1.29 is 8.42 Å². The molecule has 1 aromatic heterocycles. The van der Waals surface area contributed by atoms with Crippen molar-refractivity contribution in [2.75, 3.05) is 12.8 Å². The molecule has 0 aliphatic carbocycles. The van der Waals surface area contributed by atoms with Gasteiger partial charge in [0, 0.05) is 31.7 Å². The number of nitrogens with one attached hydrogen (secondary N) is 2. The van der Waals surface area contributed by atoms with Gasteiger partial charge in [0.2, 0.25) is 0 Å². The van der Waals surface area contributed by atoms with Gasteiger partial charge in [0.25, 0.3) is 0 Å². The highest BCUT2D eigenvalue weighted by atomic mass is 32.2. The van der Waals surface area contributed by atoms with E-state index in [9.17, 15) is 8.42 Å². The molecule has 1 heterocycles. The highest BCUT2D eigenvalue weighted by Gasteiger charge is 2.11. The molecule has 3 rings (SSSR count). The molecule has 8 heteroatoms. The van der Waals surface area contributed by atoms with Crippen LogP contribution < -0.4 is 10.6 Å². The van der Waals surface area contributed by atoms with Crippen LogP contribution >= 0.6 is 0 Å². The third-order valence-electron chi connectivity index (χ3n) is 4.59. The molecular formula is C22H27N5O2S. The maximum Gasteiger partial charge on any atom is 0.191 e. The zero-order valence-corrected chi connectivity index (χ0v) is 18.3. The molecule has 0 bridgehead atoms. The molecule has 0 atom stereocenters. The Kier molecular flexibility index (Phi) is 6.89. The highest BCUT2D eigenvalue weighted by Crippen LogP contribution is 2.17. The molecule has 0 radical (unpaired) electrons. The average Bonchev–Trinajstić information content (AvgIpc) is 3.24. The van der Waals surface area contributed by atoms with Gasteiger partial charge in [-0.3, -0.25) is 0 Å². The maximum atomic E-state index is 11.8. The van der Waals surface area contributed by atoms with E-state index >= 15 is 0 Å². The summed E-state index contributed by atoms with van der Waals surface area (Å²) in [6, 6.07) is 15.3. The number of sulfone groups is 1. The maximum absolute atomic E-state index is 11.8. The second kappa shape index (κ2) is 9.58. The minimum atomic E-state index is -3.22. The van der Waals surface area contributed by atoms with Crippen molar-refractivity contribution in [3.63, 3.8) is 0 Å². The Hall–Kier alpha value is -3.13. The van der Waals surface area contributed by atoms with Crippen LogP contribution in [0.4, 0.5) is 0 Å². The van der Waals surface area contributed by atoms with Crippen molar-refractivity contribution in [3.05, 3.63) is 77.6 Å². The fraction of sp³-hybridized carbons (Fsp3) is 0.273. The van der Waals surface area contributed by atoms with Crippen LogP contribution in [0.5, 0.6) is 0 Å². The second-order valence-electron chi connectivity index (χ2n) is 7.00. The summed E-state index contributed by atoms with van der Waals surface area (Å²) in [5.74, 6) is 0.692. The third-order valence-corrected chi connectivity index (χ3v) is 5.85. The van der Waals surface area contributed by atoms with Gasteiger partial charge in [-0.25, -0.2) is 18.1 Å². The number of guanidine groups is 1. The van der Waals surface area contributed by atoms with Crippen LogP contribution in [-0.4, -0.2) is 37.0 Å². The van der Waals surface area contributed by atoms with Crippen LogP contribution in [0.1, 0.15) is 23.6 Å². The van der Waals surface area contributed by atoms with E-state index in [0.717, 1.165) is 28.9 Å². The molecule has 30 heavy (non-hydrogen) atoms. The molecule has 0 spiro atoms. The zero-order valence-electron chi connectivity index (χ0n) is 17.5. The van der Waals surface area contributed by atoms with Gasteiger partial charge in [0.1, 0.15) is 0 Å². The standard InChI is InChI=1S/C22H27N5O2S/c1-4-23-22(24-15-18-10-11-21(17(2)14-18)30(3,28)29)25-16-19-8-5-6-9-20(19)27-13-7-12-26-27/h5-14H,4,15-16H2,1-3H3,(H2,23,24,25). The van der Waals surface area contributed by atoms with E-state index in [1.807, 2.05) is 54.2 Å². The summed E-state index contributed by atoms with van der Waals surface area (Å²) in [4.78, 5) is 5.00. The van der Waals surface area contributed by atoms with Gasteiger partial charge in [-0.1, -0.05) is 30.3 Å². The van der Waals surface area contributed by atoms with Crippen LogP contribution in [-0.2, 0) is 22.9 Å². The van der Waals surface area contributed by atoms with Crippen molar-refractivity contribution in [1.82, 2.24) is 20.4 Å². The SMILES string of the molecule is CCNC(=NCc1ccc(S(C)(=O)=O)c(C)c1)NCc1ccccc1-n1cccn1. The molecule has 3 aromatic rings. The summed E-state index contributed by atoms with van der Waals surface area (Å²) in [6.45, 7) is 5.59. The lowest BCUT2D eigenvalue weighted by atomic mass is 10.1. The van der Waals surface area contributed by atoms with Crippen molar-refractivity contribution in [2.45, 2.75) is 31.8 Å². The zero-order chi connectivity index (χ0) is 21.6. The van der Waals surface area contributed by atoms with Crippen molar-refractivity contribution >= 4 is 15.8 Å². The number of benzene rings is 2. The van der Waals surface area contributed by atoms with Gasteiger partial charge in [-0.15, -0.1) is 0 Å². The minimum Gasteiger partial charge on any atom is -0.357 e. The fourth-order valence-electron chi connectivity index (χ4n) is 3.21. The van der Waals surface area contributed by atoms with Gasteiger partial charge in [0.15, 0.2) is 15.8 Å². The lowest BCUT2D eigenvalue weighted by Gasteiger charge is -2.14. The number of hydrogen-bond acceptors (Lipinski definition) is 4. The Balaban J connectivity index is 1.73. The third kappa shape index (κ3) is 5.48. The van der Waals surface area contributed by atoms with Crippen LogP contribution in [0, 0.1) is 6.92 Å². The number of para-hydroxylation sites is 1. The fourth-order valence-corrected chi connectivity index (χ4v) is 4.17. The number of hydrogen-bond donors (Lipinski definition) is 2. The van der Waals surface area contributed by atoms with Crippen LogP contribution in [0.3, 0.4) is 0 Å². The largest absolute Gasteiger partial charge is 0.357 e. The summed E-state index contributed by atoms with van der Waals surface area (Å²) >= 11 is 0. The molecule has 0 saturated heterocycles. The van der Waals surface area contributed by atoms with E-state index in [4.69, 9.17) is 0 Å². The van der Waals surface area contributed by atoms with Gasteiger partial charge < -0.3 is 10.6 Å². The predicted molar refractivity (Wildman–Crippen MR) is 120 cm³/mol. The molecule has 0 amide bonds. The number of aryl methyl sites for hydroxylation is 1. The van der Waals surface area contributed by atoms with E-state index in [1.165, 1.54) is 6.26 Å². The molecule has 0 unspecified atom stereocenters. The van der Waals surface area contributed by atoms with E-state index in [1.54, 1.807) is 19.2 Å². The van der Waals surface area contributed by atoms with Gasteiger partial charge >= 0.3 is 0 Å². The first-order valence-electron chi connectivity index (χ1n) is 9.78. The summed E-state index contributed by atoms with van der Waals surface area (Å²) in [5.41, 5.74) is 3.79. The van der Waals surface area contributed by atoms with Crippen LogP contribution in [0.2, 0.25) is 0 Å². The van der Waals surface area contributed by atoms with Crippen LogP contribution in [0.25, 0.3) is 5.69 Å². The lowest BCUT2D eigenvalue weighted by molar-refractivity contribution is 0.601. The van der Waals surface area contributed by atoms with E-state index in [0.29, 0.717) is 23.9 Å². The van der Waals surface area contributed by atoms with Gasteiger partial charge in [-0.05, 0) is 48.7 Å². The minimum absolute atomic E-state index is 0.357. The normalized spacial score (nSPS) is 12.0. The molecule has 0 aliphatic heterocycles. The Morgan fingerprint density at radius 1 is 1.13 bits per heavy atom. The van der Waals surface area contributed by atoms with E-state index in [2.05, 4.69) is 26.8 Å². The number of aromatic nitrogens is 2. The van der Waals surface area contributed by atoms with Crippen molar-refractivity contribution in [1.29, 1.82) is 0 Å². The predicted octanol–water partition coefficient (Wildman–Crippen LogP) is 2.84. The number of rotatable bonds is 7.